The quantitative estimate of drug-likeness (QED) is 0.175. The van der Waals surface area contributed by atoms with Gasteiger partial charge in [-0.05, 0) is 0 Å². The van der Waals surface area contributed by atoms with Crippen LogP contribution in [0.15, 0.2) is 0 Å². The number of rotatable bonds is 5. The molecule has 1 atom stereocenters. The minimum Gasteiger partial charge on any atom is -0.770 e. The van der Waals surface area contributed by atoms with Crippen molar-refractivity contribution in [1.82, 2.24) is 0 Å². The fourth-order valence-electron chi connectivity index (χ4n) is 0.579. The van der Waals surface area contributed by atoms with Crippen molar-refractivity contribution in [3.63, 3.8) is 0 Å². The summed E-state index contributed by atoms with van der Waals surface area (Å²) in [5, 5.41) is -1.17. The van der Waals surface area contributed by atoms with Crippen LogP contribution >= 0.6 is 15.2 Å². The van der Waals surface area contributed by atoms with Crippen LogP contribution in [0.4, 0.5) is 0 Å². The van der Waals surface area contributed by atoms with Crippen LogP contribution in [0.3, 0.4) is 0 Å². The minimum atomic E-state index is -4.70. The van der Waals surface area contributed by atoms with E-state index in [1.807, 2.05) is 0 Å². The first kappa shape index (κ1) is 18.1. The van der Waals surface area contributed by atoms with Gasteiger partial charge in [0.2, 0.25) is 0 Å². The van der Waals surface area contributed by atoms with Crippen molar-refractivity contribution >= 4 is 20.4 Å². The third-order valence-electron chi connectivity index (χ3n) is 1.30. The molecule has 0 aliphatic heterocycles. The van der Waals surface area contributed by atoms with Gasteiger partial charge in [0.25, 0.3) is 7.60 Å². The summed E-state index contributed by atoms with van der Waals surface area (Å²) in [5.74, 6) is 0. The Hall–Kier alpha value is 0.680. The molecule has 0 fully saturated rings. The Labute approximate surface area is 109 Å². The summed E-state index contributed by atoms with van der Waals surface area (Å²) in [6.07, 6.45) is 0. The first-order valence-corrected chi connectivity index (χ1v) is 6.28. The van der Waals surface area contributed by atoms with Gasteiger partial charge in [-0.1, -0.05) is 0 Å². The van der Waals surface area contributed by atoms with Crippen LogP contribution in [0.2, 0.25) is 0 Å². The molecular weight excluding hydrogens is 257 g/mol. The van der Waals surface area contributed by atoms with Crippen LogP contribution in [-0.2, 0) is 22.7 Å². The minimum absolute atomic E-state index is 0. The van der Waals surface area contributed by atoms with Crippen LogP contribution < -0.4 is 34.5 Å². The van der Waals surface area contributed by atoms with E-state index in [0.717, 1.165) is 21.3 Å². The van der Waals surface area contributed by atoms with E-state index in [-0.39, 0.29) is 29.6 Å². The van der Waals surface area contributed by atoms with Crippen LogP contribution in [0.1, 0.15) is 0 Å². The Morgan fingerprint density at radius 1 is 1.20 bits per heavy atom. The Morgan fingerprint density at radius 3 is 1.80 bits per heavy atom. The molecule has 0 bridgehead atoms. The van der Waals surface area contributed by atoms with Gasteiger partial charge < -0.3 is 24.0 Å². The van der Waals surface area contributed by atoms with Crippen molar-refractivity contribution in [1.29, 1.82) is 0 Å². The summed E-state index contributed by atoms with van der Waals surface area (Å²) in [7, 11) is -6.10. The zero-order valence-electron chi connectivity index (χ0n) is 8.74. The molecule has 0 aromatic heterocycles. The topological polar surface area (TPSA) is 121 Å². The average Bonchev–Trinajstić information content (AvgIpc) is 2.18. The largest absolute Gasteiger partial charge is 1.00 e. The number of hydrogen-bond donors (Lipinski definition) is 0. The Balaban J connectivity index is 0. The summed E-state index contributed by atoms with van der Waals surface area (Å²) < 4.78 is 35.2. The van der Waals surface area contributed by atoms with Gasteiger partial charge in [0.05, 0.1) is 0 Å². The van der Waals surface area contributed by atoms with Gasteiger partial charge in [-0.3, -0.25) is 4.57 Å². The molecule has 0 aromatic carbocycles. The summed E-state index contributed by atoms with van der Waals surface area (Å²) >= 11 is 0. The second-order valence-electron chi connectivity index (χ2n) is 1.94. The van der Waals surface area contributed by atoms with Crippen molar-refractivity contribution in [2.45, 2.75) is 0 Å². The smallest absolute Gasteiger partial charge is 0.770 e. The number of nitrogens with zero attached hydrogens (tertiary/aromatic N) is 2. The second kappa shape index (κ2) is 7.09. The molecule has 15 heavy (non-hydrogen) atoms. The molecular formula is C4H9N2NaO6P2. The van der Waals surface area contributed by atoms with E-state index in [0.29, 0.717) is 0 Å². The van der Waals surface area contributed by atoms with E-state index < -0.39 is 20.4 Å². The molecule has 0 heterocycles. The maximum atomic E-state index is 11.5. The van der Waals surface area contributed by atoms with Crippen molar-refractivity contribution in [2.75, 3.05) is 21.3 Å². The molecule has 0 rings (SSSR count). The molecule has 82 valence electrons. The van der Waals surface area contributed by atoms with Gasteiger partial charge in [0, 0.05) is 21.3 Å². The molecule has 0 saturated heterocycles. The Bertz CT molecular complexity index is 345. The van der Waals surface area contributed by atoms with Crippen molar-refractivity contribution in [2.24, 2.45) is 0 Å². The predicted octanol–water partition coefficient (Wildman–Crippen LogP) is -2.74. The third-order valence-corrected chi connectivity index (χ3v) is 5.37. The van der Waals surface area contributed by atoms with Gasteiger partial charge in [0.1, 0.15) is 0 Å². The summed E-state index contributed by atoms with van der Waals surface area (Å²) in [4.78, 5) is 13.4. The van der Waals surface area contributed by atoms with Gasteiger partial charge in [-0.2, -0.15) is 4.79 Å². The molecule has 8 nitrogen and oxygen atoms in total. The van der Waals surface area contributed by atoms with Gasteiger partial charge >= 0.3 is 42.3 Å². The van der Waals surface area contributed by atoms with E-state index in [1.165, 1.54) is 0 Å². The molecule has 0 amide bonds. The van der Waals surface area contributed by atoms with Crippen molar-refractivity contribution in [3.05, 3.63) is 5.53 Å². The maximum Gasteiger partial charge on any atom is 1.00 e. The summed E-state index contributed by atoms with van der Waals surface area (Å²) in [6, 6.07) is 0. The first-order chi connectivity index (χ1) is 6.37. The zero-order chi connectivity index (χ0) is 11.4. The van der Waals surface area contributed by atoms with Crippen LogP contribution in [-0.4, -0.2) is 31.3 Å². The second-order valence-corrected chi connectivity index (χ2v) is 6.23. The summed E-state index contributed by atoms with van der Waals surface area (Å²) in [5.41, 5.74) is 8.39. The van der Waals surface area contributed by atoms with Crippen molar-refractivity contribution < 1.29 is 61.9 Å². The average molecular weight is 266 g/mol. The number of hydrogen-bond acceptors (Lipinski definition) is 6. The van der Waals surface area contributed by atoms with Crippen LogP contribution in [0.25, 0.3) is 5.53 Å². The van der Waals surface area contributed by atoms with Gasteiger partial charge in [-0.15, -0.1) is 0 Å². The molecule has 0 spiro atoms. The fraction of sp³-hybridized carbons (Fsp3) is 0.750. The molecule has 0 N–H and O–H groups in total. The monoisotopic (exact) mass is 266 g/mol. The predicted molar refractivity (Wildman–Crippen MR) is 44.9 cm³/mol. The van der Waals surface area contributed by atoms with Crippen LogP contribution in [0.5, 0.6) is 0 Å². The first-order valence-electron chi connectivity index (χ1n) is 3.19. The Morgan fingerprint density at radius 2 is 1.60 bits per heavy atom. The van der Waals surface area contributed by atoms with Crippen LogP contribution in [0, 0.1) is 0 Å². The zero-order valence-corrected chi connectivity index (χ0v) is 12.5. The maximum absolute atomic E-state index is 11.5. The molecule has 0 aliphatic carbocycles. The molecule has 0 aromatic rings. The SMILES string of the molecule is COP(=O)([O-])C(=[N+]=[N-])P(=O)(OC)OC.[Na+]. The molecule has 0 aliphatic rings. The molecule has 1 unspecified atom stereocenters. The third kappa shape index (κ3) is 4.21. The molecule has 0 saturated carbocycles. The van der Waals surface area contributed by atoms with E-state index in [4.69, 9.17) is 5.53 Å². The van der Waals surface area contributed by atoms with E-state index in [9.17, 15) is 14.0 Å². The van der Waals surface area contributed by atoms with Crippen molar-refractivity contribution in [3.8, 4) is 0 Å². The molecule has 11 heteroatoms. The van der Waals surface area contributed by atoms with E-state index >= 15 is 0 Å². The van der Waals surface area contributed by atoms with Gasteiger partial charge in [0.15, 0.2) is 0 Å². The summed E-state index contributed by atoms with van der Waals surface area (Å²) in [6.45, 7) is 0. The van der Waals surface area contributed by atoms with E-state index in [2.05, 4.69) is 18.4 Å². The molecule has 0 radical (unpaired) electrons. The standard InChI is InChI=1S/C4H10N2O6P2.Na/c1-10-13(7,8)4(6-5)14(9,11-2)12-3;/h1-3H3,(H,7,8);/q;+1/p-1. The normalized spacial score (nSPS) is 14.7. The van der Waals surface area contributed by atoms with Gasteiger partial charge in [-0.25, -0.2) is 4.57 Å². The fourth-order valence-corrected chi connectivity index (χ4v) is 3.37. The Kier molecular flexibility index (Phi) is 8.54. The van der Waals surface area contributed by atoms with E-state index in [1.54, 1.807) is 0 Å².